The summed E-state index contributed by atoms with van der Waals surface area (Å²) in [4.78, 5) is 4.99. The fourth-order valence-electron chi connectivity index (χ4n) is 3.68. The number of fused-ring (bicyclic) bond motifs is 2. The minimum Gasteiger partial charge on any atom is -0.354 e. The van der Waals surface area contributed by atoms with Crippen molar-refractivity contribution in [2.24, 2.45) is 0 Å². The number of para-hydroxylation sites is 1. The Morgan fingerprint density at radius 3 is 1.55 bits per heavy atom. The van der Waals surface area contributed by atoms with E-state index in [9.17, 15) is 0 Å². The summed E-state index contributed by atoms with van der Waals surface area (Å²) in [5.41, 5.74) is 7.06. The molecule has 0 aliphatic rings. The minimum absolute atomic E-state index is 0.0838. The van der Waals surface area contributed by atoms with Crippen LogP contribution in [-0.4, -0.2) is 4.98 Å². The smallest absolute Gasteiger partial charge is 0.0730 e. The minimum atomic E-state index is 0.0838. The molecule has 0 amide bonds. The summed E-state index contributed by atoms with van der Waals surface area (Å²) >= 11 is 0. The van der Waals surface area contributed by atoms with Gasteiger partial charge in [0.15, 0.2) is 0 Å². The first-order chi connectivity index (χ1) is 13.6. The van der Waals surface area contributed by atoms with E-state index in [2.05, 4.69) is 108 Å². The molecule has 4 aromatic rings. The molecule has 0 radical (unpaired) electrons. The van der Waals surface area contributed by atoms with E-state index in [0.717, 1.165) is 22.4 Å². The summed E-state index contributed by atoms with van der Waals surface area (Å²) < 4.78 is 0. The van der Waals surface area contributed by atoms with Crippen LogP contribution >= 0.6 is 0 Å². The highest BCUT2D eigenvalue weighted by molar-refractivity contribution is 6.09. The van der Waals surface area contributed by atoms with E-state index in [0.29, 0.717) is 0 Å². The normalized spacial score (nSPS) is 12.5. The van der Waals surface area contributed by atoms with Gasteiger partial charge in [0.2, 0.25) is 0 Å². The van der Waals surface area contributed by atoms with Gasteiger partial charge >= 0.3 is 0 Å². The second-order valence-electron chi connectivity index (χ2n) is 9.94. The number of anilines is 2. The Kier molecular flexibility index (Phi) is 4.61. The van der Waals surface area contributed by atoms with Crippen molar-refractivity contribution in [3.05, 3.63) is 77.9 Å². The molecule has 0 aliphatic carbocycles. The lowest BCUT2D eigenvalue weighted by Crippen LogP contribution is -2.11. The van der Waals surface area contributed by atoms with Gasteiger partial charge in [-0.05, 0) is 58.4 Å². The van der Waals surface area contributed by atoms with Gasteiger partial charge in [0.25, 0.3) is 0 Å². The van der Waals surface area contributed by atoms with Crippen molar-refractivity contribution in [2.75, 3.05) is 5.32 Å². The van der Waals surface area contributed by atoms with Gasteiger partial charge in [-0.25, -0.2) is 4.98 Å². The molecule has 29 heavy (non-hydrogen) atoms. The standard InChI is InChI=1S/C27H30N2/c1-26(2,3)18-12-14-23-21(16-18)25(28-20-10-8-7-9-11-20)22-17-19(27(4,5)6)13-15-24(22)29-23/h7-17H,1-6H3,(H,28,29). The molecule has 1 heterocycles. The predicted molar refractivity (Wildman–Crippen MR) is 126 cm³/mol. The number of aromatic nitrogens is 1. The lowest BCUT2D eigenvalue weighted by Gasteiger charge is -2.22. The van der Waals surface area contributed by atoms with Crippen molar-refractivity contribution in [2.45, 2.75) is 52.4 Å². The van der Waals surface area contributed by atoms with E-state index in [1.165, 1.54) is 21.9 Å². The molecule has 0 saturated heterocycles. The van der Waals surface area contributed by atoms with Gasteiger partial charge < -0.3 is 5.32 Å². The van der Waals surface area contributed by atoms with Gasteiger partial charge in [-0.15, -0.1) is 0 Å². The highest BCUT2D eigenvalue weighted by Gasteiger charge is 2.19. The number of pyridine rings is 1. The Morgan fingerprint density at radius 1 is 0.621 bits per heavy atom. The summed E-state index contributed by atoms with van der Waals surface area (Å²) in [5.74, 6) is 0. The highest BCUT2D eigenvalue weighted by Crippen LogP contribution is 2.37. The molecular formula is C27H30N2. The fourth-order valence-corrected chi connectivity index (χ4v) is 3.68. The molecule has 0 fully saturated rings. The second-order valence-corrected chi connectivity index (χ2v) is 9.94. The van der Waals surface area contributed by atoms with Gasteiger partial charge in [-0.1, -0.05) is 71.9 Å². The summed E-state index contributed by atoms with van der Waals surface area (Å²) in [6, 6.07) is 23.7. The summed E-state index contributed by atoms with van der Waals surface area (Å²) in [7, 11) is 0. The van der Waals surface area contributed by atoms with Crippen LogP contribution in [0.4, 0.5) is 11.4 Å². The summed E-state index contributed by atoms with van der Waals surface area (Å²) in [5, 5.41) is 6.04. The molecule has 2 nitrogen and oxygen atoms in total. The Hall–Kier alpha value is -2.87. The van der Waals surface area contributed by atoms with Crippen LogP contribution in [0, 0.1) is 0 Å². The number of hydrogen-bond acceptors (Lipinski definition) is 2. The molecular weight excluding hydrogens is 352 g/mol. The Bertz CT molecular complexity index is 1100. The van der Waals surface area contributed by atoms with Crippen LogP contribution in [0.15, 0.2) is 66.7 Å². The molecule has 0 bridgehead atoms. The van der Waals surface area contributed by atoms with Gasteiger partial charge in [-0.3, -0.25) is 0 Å². The molecule has 0 saturated carbocycles. The molecule has 148 valence electrons. The Balaban J connectivity index is 2.05. The Morgan fingerprint density at radius 2 is 1.10 bits per heavy atom. The van der Waals surface area contributed by atoms with Crippen molar-refractivity contribution in [1.82, 2.24) is 4.98 Å². The molecule has 0 aliphatic heterocycles. The van der Waals surface area contributed by atoms with Gasteiger partial charge in [0, 0.05) is 16.5 Å². The van der Waals surface area contributed by atoms with Crippen LogP contribution in [0.5, 0.6) is 0 Å². The number of rotatable bonds is 2. The molecule has 3 aromatic carbocycles. The zero-order valence-corrected chi connectivity index (χ0v) is 18.3. The molecule has 0 spiro atoms. The fraction of sp³-hybridized carbons (Fsp3) is 0.296. The van der Waals surface area contributed by atoms with E-state index < -0.39 is 0 Å². The van der Waals surface area contributed by atoms with Crippen LogP contribution in [0.25, 0.3) is 21.8 Å². The van der Waals surface area contributed by atoms with E-state index >= 15 is 0 Å². The lowest BCUT2D eigenvalue weighted by atomic mass is 9.85. The average molecular weight is 383 g/mol. The Labute approximate surface area is 174 Å². The maximum Gasteiger partial charge on any atom is 0.0730 e. The molecule has 2 heteroatoms. The number of nitrogens with zero attached hydrogens (tertiary/aromatic N) is 1. The van der Waals surface area contributed by atoms with Crippen LogP contribution in [-0.2, 0) is 10.8 Å². The van der Waals surface area contributed by atoms with Crippen molar-refractivity contribution < 1.29 is 0 Å². The quantitative estimate of drug-likeness (QED) is 0.359. The number of benzene rings is 3. The van der Waals surface area contributed by atoms with Crippen molar-refractivity contribution in [3.63, 3.8) is 0 Å². The van der Waals surface area contributed by atoms with E-state index in [4.69, 9.17) is 4.98 Å². The van der Waals surface area contributed by atoms with Crippen LogP contribution in [0.2, 0.25) is 0 Å². The molecule has 0 unspecified atom stereocenters. The first-order valence-corrected chi connectivity index (χ1v) is 10.3. The van der Waals surface area contributed by atoms with Gasteiger partial charge in [0.1, 0.15) is 0 Å². The lowest BCUT2D eigenvalue weighted by molar-refractivity contribution is 0.591. The summed E-state index contributed by atoms with van der Waals surface area (Å²) in [6.07, 6.45) is 0. The van der Waals surface area contributed by atoms with Crippen LogP contribution in [0.1, 0.15) is 52.7 Å². The zero-order chi connectivity index (χ0) is 20.8. The van der Waals surface area contributed by atoms with Crippen LogP contribution < -0.4 is 5.32 Å². The number of nitrogens with one attached hydrogen (secondary N) is 1. The number of hydrogen-bond donors (Lipinski definition) is 1. The van der Waals surface area contributed by atoms with E-state index in [1.54, 1.807) is 0 Å². The molecule has 1 N–H and O–H groups in total. The van der Waals surface area contributed by atoms with Crippen molar-refractivity contribution >= 4 is 33.2 Å². The monoisotopic (exact) mass is 382 g/mol. The second kappa shape index (κ2) is 6.88. The maximum atomic E-state index is 4.99. The topological polar surface area (TPSA) is 24.9 Å². The third-order valence-electron chi connectivity index (χ3n) is 5.55. The molecule has 0 atom stereocenters. The summed E-state index contributed by atoms with van der Waals surface area (Å²) in [6.45, 7) is 13.5. The largest absolute Gasteiger partial charge is 0.354 e. The molecule has 4 rings (SSSR count). The van der Waals surface area contributed by atoms with Crippen molar-refractivity contribution in [1.29, 1.82) is 0 Å². The van der Waals surface area contributed by atoms with E-state index in [1.807, 2.05) is 6.07 Å². The van der Waals surface area contributed by atoms with E-state index in [-0.39, 0.29) is 10.8 Å². The third-order valence-corrected chi connectivity index (χ3v) is 5.55. The van der Waals surface area contributed by atoms with Gasteiger partial charge in [-0.2, -0.15) is 0 Å². The first-order valence-electron chi connectivity index (χ1n) is 10.3. The zero-order valence-electron chi connectivity index (χ0n) is 18.3. The first kappa shape index (κ1) is 19.4. The average Bonchev–Trinajstić information content (AvgIpc) is 2.66. The predicted octanol–water partition coefficient (Wildman–Crippen LogP) is 7.73. The maximum absolute atomic E-state index is 4.99. The third kappa shape index (κ3) is 3.85. The highest BCUT2D eigenvalue weighted by atomic mass is 14.9. The van der Waals surface area contributed by atoms with Gasteiger partial charge in [0.05, 0.1) is 16.7 Å². The van der Waals surface area contributed by atoms with Crippen molar-refractivity contribution in [3.8, 4) is 0 Å². The van der Waals surface area contributed by atoms with Crippen LogP contribution in [0.3, 0.4) is 0 Å². The SMILES string of the molecule is CC(C)(C)c1ccc2nc3ccc(C(C)(C)C)cc3c(Nc3ccccc3)c2c1. The molecule has 1 aromatic heterocycles.